The van der Waals surface area contributed by atoms with Crippen LogP contribution in [-0.2, 0) is 4.79 Å². The van der Waals surface area contributed by atoms with Crippen molar-refractivity contribution in [3.63, 3.8) is 0 Å². The molecule has 1 atom stereocenters. The van der Waals surface area contributed by atoms with E-state index in [2.05, 4.69) is 24.1 Å². The van der Waals surface area contributed by atoms with Gasteiger partial charge in [-0.25, -0.2) is 0 Å². The second-order valence-electron chi connectivity index (χ2n) is 5.38. The first-order valence-electron chi connectivity index (χ1n) is 6.18. The Balaban J connectivity index is 1.69. The highest BCUT2D eigenvalue weighted by atomic mass is 16.1. The van der Waals surface area contributed by atoms with Crippen molar-refractivity contribution >= 4 is 5.91 Å². The van der Waals surface area contributed by atoms with E-state index in [1.807, 2.05) is 0 Å². The molecule has 1 heterocycles. The fraction of sp³-hybridized carbons (Fsp3) is 0.917. The van der Waals surface area contributed by atoms with Gasteiger partial charge in [0, 0.05) is 31.6 Å². The van der Waals surface area contributed by atoms with Gasteiger partial charge in [-0.1, -0.05) is 13.8 Å². The molecule has 0 aromatic rings. The molecule has 0 aromatic heterocycles. The summed E-state index contributed by atoms with van der Waals surface area (Å²) in [5.74, 6) is 0.693. The van der Waals surface area contributed by atoms with Crippen molar-refractivity contribution in [2.24, 2.45) is 5.92 Å². The molecule has 2 aliphatic rings. The second kappa shape index (κ2) is 4.52. The van der Waals surface area contributed by atoms with E-state index >= 15 is 0 Å². The van der Waals surface area contributed by atoms with Crippen LogP contribution in [0.25, 0.3) is 0 Å². The predicted octanol–water partition coefficient (Wildman–Crippen LogP) is 1.39. The molecular weight excluding hydrogens is 188 g/mol. The molecule has 1 saturated heterocycles. The smallest absolute Gasteiger partial charge is 0.220 e. The highest BCUT2D eigenvalue weighted by Gasteiger charge is 2.34. The lowest BCUT2D eigenvalue weighted by Gasteiger charge is -2.16. The maximum Gasteiger partial charge on any atom is 0.220 e. The monoisotopic (exact) mass is 210 g/mol. The molecule has 2 fully saturated rings. The Kier molecular flexibility index (Phi) is 3.29. The van der Waals surface area contributed by atoms with Gasteiger partial charge in [-0.3, -0.25) is 9.69 Å². The summed E-state index contributed by atoms with van der Waals surface area (Å²) in [6.07, 6.45) is 4.54. The number of carbonyl (C=O) groups is 1. The fourth-order valence-corrected chi connectivity index (χ4v) is 2.33. The van der Waals surface area contributed by atoms with Gasteiger partial charge in [-0.2, -0.15) is 0 Å². The minimum absolute atomic E-state index is 0.229. The van der Waals surface area contributed by atoms with Gasteiger partial charge >= 0.3 is 0 Å². The number of likely N-dealkylation sites (tertiary alicyclic amines) is 1. The first-order chi connectivity index (χ1) is 7.15. The van der Waals surface area contributed by atoms with E-state index in [-0.39, 0.29) is 5.91 Å². The maximum absolute atomic E-state index is 11.6. The van der Waals surface area contributed by atoms with Crippen molar-refractivity contribution in [2.75, 3.05) is 13.1 Å². The van der Waals surface area contributed by atoms with Gasteiger partial charge in [-0.05, 0) is 25.2 Å². The van der Waals surface area contributed by atoms with Crippen molar-refractivity contribution < 1.29 is 4.79 Å². The summed E-state index contributed by atoms with van der Waals surface area (Å²) in [7, 11) is 0. The van der Waals surface area contributed by atoms with Crippen LogP contribution in [0.5, 0.6) is 0 Å². The van der Waals surface area contributed by atoms with Crippen molar-refractivity contribution in [2.45, 2.75) is 51.6 Å². The van der Waals surface area contributed by atoms with Crippen LogP contribution in [0.2, 0.25) is 0 Å². The van der Waals surface area contributed by atoms with Crippen LogP contribution in [0.1, 0.15) is 39.5 Å². The van der Waals surface area contributed by atoms with E-state index in [0.29, 0.717) is 18.4 Å². The van der Waals surface area contributed by atoms with Crippen molar-refractivity contribution in [3.05, 3.63) is 0 Å². The zero-order valence-corrected chi connectivity index (χ0v) is 9.83. The van der Waals surface area contributed by atoms with Crippen LogP contribution in [0, 0.1) is 5.92 Å². The van der Waals surface area contributed by atoms with Crippen molar-refractivity contribution in [1.82, 2.24) is 10.2 Å². The van der Waals surface area contributed by atoms with E-state index in [0.717, 1.165) is 19.0 Å². The SMILES string of the molecule is CC(C)CC(=O)NC1CCN(C2CC2)C1. The molecule has 0 radical (unpaired) electrons. The number of hydrogen-bond acceptors (Lipinski definition) is 2. The van der Waals surface area contributed by atoms with Crippen molar-refractivity contribution in [3.8, 4) is 0 Å². The number of nitrogens with one attached hydrogen (secondary N) is 1. The van der Waals surface area contributed by atoms with Crippen LogP contribution in [0.15, 0.2) is 0 Å². The number of rotatable bonds is 4. The third-order valence-corrected chi connectivity index (χ3v) is 3.24. The zero-order chi connectivity index (χ0) is 10.8. The Morgan fingerprint density at radius 1 is 1.40 bits per heavy atom. The van der Waals surface area contributed by atoms with Gasteiger partial charge in [-0.15, -0.1) is 0 Å². The van der Waals surface area contributed by atoms with E-state index in [1.54, 1.807) is 0 Å². The molecule has 2 rings (SSSR count). The quantitative estimate of drug-likeness (QED) is 0.760. The second-order valence-corrected chi connectivity index (χ2v) is 5.38. The van der Waals surface area contributed by atoms with Gasteiger partial charge < -0.3 is 5.32 Å². The third-order valence-electron chi connectivity index (χ3n) is 3.24. The summed E-state index contributed by atoms with van der Waals surface area (Å²) in [5, 5.41) is 3.14. The lowest BCUT2D eigenvalue weighted by Crippen LogP contribution is -2.37. The first kappa shape index (κ1) is 10.9. The Labute approximate surface area is 92.2 Å². The molecule has 15 heavy (non-hydrogen) atoms. The fourth-order valence-electron chi connectivity index (χ4n) is 2.33. The molecule has 0 aromatic carbocycles. The summed E-state index contributed by atoms with van der Waals surface area (Å²) in [5.41, 5.74) is 0. The molecule has 0 spiro atoms. The van der Waals surface area contributed by atoms with Crippen LogP contribution < -0.4 is 5.32 Å². The predicted molar refractivity (Wildman–Crippen MR) is 60.6 cm³/mol. The lowest BCUT2D eigenvalue weighted by atomic mass is 10.1. The molecule has 3 heteroatoms. The standard InChI is InChI=1S/C12H22N2O/c1-9(2)7-12(15)13-10-5-6-14(8-10)11-3-4-11/h9-11H,3-8H2,1-2H3,(H,13,15). The molecule has 0 bridgehead atoms. The largest absolute Gasteiger partial charge is 0.352 e. The summed E-state index contributed by atoms with van der Waals surface area (Å²) in [6.45, 7) is 6.43. The Morgan fingerprint density at radius 2 is 2.13 bits per heavy atom. The van der Waals surface area contributed by atoms with Crippen LogP contribution >= 0.6 is 0 Å². The van der Waals surface area contributed by atoms with Crippen LogP contribution in [0.3, 0.4) is 0 Å². The van der Waals surface area contributed by atoms with E-state index in [4.69, 9.17) is 0 Å². The minimum atomic E-state index is 0.229. The van der Waals surface area contributed by atoms with Crippen LogP contribution in [-0.4, -0.2) is 36.0 Å². The highest BCUT2D eigenvalue weighted by Crippen LogP contribution is 2.29. The lowest BCUT2D eigenvalue weighted by molar-refractivity contribution is -0.122. The number of nitrogens with zero attached hydrogens (tertiary/aromatic N) is 1. The molecule has 86 valence electrons. The summed E-state index contributed by atoms with van der Waals surface area (Å²) < 4.78 is 0. The number of amides is 1. The minimum Gasteiger partial charge on any atom is -0.352 e. The van der Waals surface area contributed by atoms with E-state index in [9.17, 15) is 4.79 Å². The molecule has 1 unspecified atom stereocenters. The van der Waals surface area contributed by atoms with Gasteiger partial charge in [0.1, 0.15) is 0 Å². The van der Waals surface area contributed by atoms with E-state index < -0.39 is 0 Å². The summed E-state index contributed by atoms with van der Waals surface area (Å²) in [4.78, 5) is 14.1. The molecule has 1 saturated carbocycles. The highest BCUT2D eigenvalue weighted by molar-refractivity contribution is 5.76. The average molecular weight is 210 g/mol. The molecule has 1 aliphatic heterocycles. The normalized spacial score (nSPS) is 27.3. The van der Waals surface area contributed by atoms with Gasteiger partial charge in [0.15, 0.2) is 0 Å². The summed E-state index contributed by atoms with van der Waals surface area (Å²) in [6, 6.07) is 1.26. The van der Waals surface area contributed by atoms with Gasteiger partial charge in [0.25, 0.3) is 0 Å². The third kappa shape index (κ3) is 3.20. The van der Waals surface area contributed by atoms with Gasteiger partial charge in [0.05, 0.1) is 0 Å². The molecule has 1 amide bonds. The topological polar surface area (TPSA) is 32.3 Å². The van der Waals surface area contributed by atoms with E-state index in [1.165, 1.54) is 19.4 Å². The number of carbonyl (C=O) groups excluding carboxylic acids is 1. The Bertz CT molecular complexity index is 236. The van der Waals surface area contributed by atoms with Gasteiger partial charge in [0.2, 0.25) is 5.91 Å². The average Bonchev–Trinajstić information content (AvgIpc) is 2.87. The Morgan fingerprint density at radius 3 is 2.73 bits per heavy atom. The zero-order valence-electron chi connectivity index (χ0n) is 9.83. The number of hydrogen-bond donors (Lipinski definition) is 1. The first-order valence-corrected chi connectivity index (χ1v) is 6.18. The molecule has 1 N–H and O–H groups in total. The Hall–Kier alpha value is -0.570. The van der Waals surface area contributed by atoms with Crippen molar-refractivity contribution in [1.29, 1.82) is 0 Å². The molecule has 3 nitrogen and oxygen atoms in total. The molecular formula is C12H22N2O. The molecule has 1 aliphatic carbocycles. The summed E-state index contributed by atoms with van der Waals surface area (Å²) >= 11 is 0. The maximum atomic E-state index is 11.6. The van der Waals surface area contributed by atoms with Crippen LogP contribution in [0.4, 0.5) is 0 Å².